The Kier molecular flexibility index (Phi) is 5.30. The fourth-order valence-electron chi connectivity index (χ4n) is 4.45. The second-order valence-electron chi connectivity index (χ2n) is 7.97. The van der Waals surface area contributed by atoms with Crippen molar-refractivity contribution in [1.29, 1.82) is 0 Å². The van der Waals surface area contributed by atoms with Gasteiger partial charge in [0.05, 0.1) is 6.26 Å². The van der Waals surface area contributed by atoms with Gasteiger partial charge in [-0.1, -0.05) is 12.1 Å². The van der Waals surface area contributed by atoms with E-state index in [1.807, 2.05) is 30.0 Å². The summed E-state index contributed by atoms with van der Waals surface area (Å²) in [6.07, 6.45) is 4.88. The van der Waals surface area contributed by atoms with Gasteiger partial charge in [-0.3, -0.25) is 4.79 Å². The van der Waals surface area contributed by atoms with Gasteiger partial charge >= 0.3 is 0 Å². The molecule has 1 aromatic heterocycles. The molecular formula is C22H27FN2O2. The third kappa shape index (κ3) is 4.08. The van der Waals surface area contributed by atoms with Crippen LogP contribution in [-0.4, -0.2) is 48.4 Å². The normalized spacial score (nSPS) is 21.7. The minimum absolute atomic E-state index is 0.0232. The van der Waals surface area contributed by atoms with E-state index in [0.717, 1.165) is 57.5 Å². The summed E-state index contributed by atoms with van der Waals surface area (Å²) in [6, 6.07) is 8.81. The van der Waals surface area contributed by atoms with Crippen LogP contribution in [-0.2, 0) is 0 Å². The van der Waals surface area contributed by atoms with Crippen molar-refractivity contribution in [3.05, 3.63) is 59.3 Å². The van der Waals surface area contributed by atoms with E-state index in [-0.39, 0.29) is 11.7 Å². The maximum absolute atomic E-state index is 13.1. The Morgan fingerprint density at radius 1 is 1.11 bits per heavy atom. The maximum atomic E-state index is 13.1. The predicted octanol–water partition coefficient (Wildman–Crippen LogP) is 4.07. The van der Waals surface area contributed by atoms with Crippen molar-refractivity contribution in [2.24, 2.45) is 5.92 Å². The number of carbonyl (C=O) groups is 1. The van der Waals surface area contributed by atoms with Crippen molar-refractivity contribution in [3.63, 3.8) is 0 Å². The number of benzene rings is 1. The molecule has 3 heterocycles. The zero-order valence-electron chi connectivity index (χ0n) is 15.9. The highest BCUT2D eigenvalue weighted by molar-refractivity contribution is 5.93. The van der Waals surface area contributed by atoms with Crippen LogP contribution in [0.5, 0.6) is 0 Å². The number of hydrogen-bond donors (Lipinski definition) is 0. The van der Waals surface area contributed by atoms with Crippen molar-refractivity contribution in [1.82, 2.24) is 9.80 Å². The van der Waals surface area contributed by atoms with Crippen molar-refractivity contribution in [2.45, 2.75) is 32.1 Å². The first-order valence-electron chi connectivity index (χ1n) is 9.91. The van der Waals surface area contributed by atoms with E-state index >= 15 is 0 Å². The molecule has 0 N–H and O–H groups in total. The van der Waals surface area contributed by atoms with Crippen LogP contribution < -0.4 is 0 Å². The molecule has 1 atom stereocenters. The molecule has 2 fully saturated rings. The van der Waals surface area contributed by atoms with Crippen LogP contribution in [0.3, 0.4) is 0 Å². The molecule has 0 bridgehead atoms. The smallest absolute Gasteiger partial charge is 0.289 e. The van der Waals surface area contributed by atoms with Gasteiger partial charge in [-0.05, 0) is 74.9 Å². The number of rotatable bonds is 4. The van der Waals surface area contributed by atoms with Crippen molar-refractivity contribution in [3.8, 4) is 0 Å². The molecule has 2 aromatic rings. The number of likely N-dealkylation sites (tertiary alicyclic amines) is 2. The summed E-state index contributed by atoms with van der Waals surface area (Å²) in [5.74, 6) is 1.41. The first-order valence-corrected chi connectivity index (χ1v) is 9.91. The van der Waals surface area contributed by atoms with Gasteiger partial charge in [0, 0.05) is 25.2 Å². The van der Waals surface area contributed by atoms with Gasteiger partial charge < -0.3 is 14.2 Å². The van der Waals surface area contributed by atoms with Gasteiger partial charge in [0.1, 0.15) is 5.82 Å². The quantitative estimate of drug-likeness (QED) is 0.814. The zero-order valence-corrected chi connectivity index (χ0v) is 15.9. The van der Waals surface area contributed by atoms with E-state index < -0.39 is 0 Å². The molecule has 4 nitrogen and oxygen atoms in total. The van der Waals surface area contributed by atoms with Crippen molar-refractivity contribution < 1.29 is 13.6 Å². The monoisotopic (exact) mass is 370 g/mol. The average molecular weight is 370 g/mol. The summed E-state index contributed by atoms with van der Waals surface area (Å²) in [7, 11) is 0. The number of piperidine rings is 1. The SMILES string of the molecule is Cc1ccoc1C(=O)N1CC[C@H](CN2CCC(c3ccc(F)cc3)CC2)C1. The van der Waals surface area contributed by atoms with Crippen LogP contribution >= 0.6 is 0 Å². The van der Waals surface area contributed by atoms with Gasteiger partial charge in [0.2, 0.25) is 0 Å². The largest absolute Gasteiger partial charge is 0.459 e. The Hall–Kier alpha value is -2.14. The summed E-state index contributed by atoms with van der Waals surface area (Å²) < 4.78 is 18.5. The molecule has 1 aromatic carbocycles. The number of hydrogen-bond acceptors (Lipinski definition) is 3. The molecule has 144 valence electrons. The molecule has 2 aliphatic rings. The Labute approximate surface area is 159 Å². The third-order valence-electron chi connectivity index (χ3n) is 6.07. The van der Waals surface area contributed by atoms with E-state index in [9.17, 15) is 9.18 Å². The predicted molar refractivity (Wildman–Crippen MR) is 102 cm³/mol. The molecule has 0 radical (unpaired) electrons. The maximum Gasteiger partial charge on any atom is 0.289 e. The van der Waals surface area contributed by atoms with E-state index in [1.54, 1.807) is 18.4 Å². The highest BCUT2D eigenvalue weighted by atomic mass is 19.1. The van der Waals surface area contributed by atoms with Crippen LogP contribution in [0, 0.1) is 18.7 Å². The minimum atomic E-state index is -0.165. The fraction of sp³-hybridized carbons (Fsp3) is 0.500. The summed E-state index contributed by atoms with van der Waals surface area (Å²) in [4.78, 5) is 17.0. The Morgan fingerprint density at radius 2 is 1.85 bits per heavy atom. The van der Waals surface area contributed by atoms with E-state index in [1.165, 1.54) is 5.56 Å². The van der Waals surface area contributed by atoms with E-state index in [0.29, 0.717) is 17.6 Å². The summed E-state index contributed by atoms with van der Waals surface area (Å²) in [5, 5.41) is 0. The lowest BCUT2D eigenvalue weighted by Crippen LogP contribution is -2.37. The lowest BCUT2D eigenvalue weighted by molar-refractivity contribution is 0.0749. The Morgan fingerprint density at radius 3 is 2.52 bits per heavy atom. The first-order chi connectivity index (χ1) is 13.1. The van der Waals surface area contributed by atoms with Crippen LogP contribution in [0.25, 0.3) is 0 Å². The molecule has 2 saturated heterocycles. The number of carbonyl (C=O) groups excluding carboxylic acids is 1. The van der Waals surface area contributed by atoms with Crippen LogP contribution in [0.4, 0.5) is 4.39 Å². The number of aryl methyl sites for hydroxylation is 1. The Bertz CT molecular complexity index is 778. The van der Waals surface area contributed by atoms with Gasteiger partial charge in [-0.25, -0.2) is 4.39 Å². The topological polar surface area (TPSA) is 36.7 Å². The lowest BCUT2D eigenvalue weighted by atomic mass is 9.89. The molecule has 0 aliphatic carbocycles. The first kappa shape index (κ1) is 18.2. The fourth-order valence-corrected chi connectivity index (χ4v) is 4.45. The molecular weight excluding hydrogens is 343 g/mol. The molecule has 5 heteroatoms. The number of nitrogens with zero attached hydrogens (tertiary/aromatic N) is 2. The standard InChI is InChI=1S/C22H27FN2O2/c1-16-9-13-27-21(16)22(26)25-12-6-17(15-25)14-24-10-7-19(8-11-24)18-2-4-20(23)5-3-18/h2-5,9,13,17,19H,6-8,10-12,14-15H2,1H3/t17-/m1/s1. The average Bonchev–Trinajstić information content (AvgIpc) is 3.32. The summed E-state index contributed by atoms with van der Waals surface area (Å²) in [6.45, 7) is 6.74. The molecule has 4 rings (SSSR count). The van der Waals surface area contributed by atoms with Crippen molar-refractivity contribution >= 4 is 5.91 Å². The van der Waals surface area contributed by atoms with Gasteiger partial charge in [-0.2, -0.15) is 0 Å². The summed E-state index contributed by atoms with van der Waals surface area (Å²) in [5.41, 5.74) is 2.16. The molecule has 1 amide bonds. The summed E-state index contributed by atoms with van der Waals surface area (Å²) >= 11 is 0. The number of halogens is 1. The van der Waals surface area contributed by atoms with Crippen LogP contribution in [0.2, 0.25) is 0 Å². The zero-order chi connectivity index (χ0) is 18.8. The molecule has 0 unspecified atom stereocenters. The third-order valence-corrected chi connectivity index (χ3v) is 6.07. The molecule has 2 aliphatic heterocycles. The van der Waals surface area contributed by atoms with Crippen LogP contribution in [0.1, 0.15) is 46.9 Å². The Balaban J connectivity index is 1.26. The second kappa shape index (κ2) is 7.85. The molecule has 0 saturated carbocycles. The van der Waals surface area contributed by atoms with E-state index in [4.69, 9.17) is 4.42 Å². The van der Waals surface area contributed by atoms with Gasteiger partial charge in [0.25, 0.3) is 5.91 Å². The highest BCUT2D eigenvalue weighted by Gasteiger charge is 2.31. The number of amides is 1. The minimum Gasteiger partial charge on any atom is -0.459 e. The second-order valence-corrected chi connectivity index (χ2v) is 7.97. The number of furan rings is 1. The van der Waals surface area contributed by atoms with Gasteiger partial charge in [0.15, 0.2) is 5.76 Å². The molecule has 0 spiro atoms. The highest BCUT2D eigenvalue weighted by Crippen LogP contribution is 2.29. The lowest BCUT2D eigenvalue weighted by Gasteiger charge is -2.33. The molecule has 27 heavy (non-hydrogen) atoms. The van der Waals surface area contributed by atoms with E-state index in [2.05, 4.69) is 4.90 Å². The van der Waals surface area contributed by atoms with Gasteiger partial charge in [-0.15, -0.1) is 0 Å². The van der Waals surface area contributed by atoms with Crippen LogP contribution in [0.15, 0.2) is 41.0 Å². The van der Waals surface area contributed by atoms with Crippen molar-refractivity contribution in [2.75, 3.05) is 32.7 Å².